The highest BCUT2D eigenvalue weighted by Gasteiger charge is 2.21. The van der Waals surface area contributed by atoms with Gasteiger partial charge in [0.25, 0.3) is 0 Å². The smallest absolute Gasteiger partial charge is 0.189 e. The molecular formula is C20H26IN3O2. The largest absolute Gasteiger partial charge is 0.494 e. The van der Waals surface area contributed by atoms with Crippen LogP contribution in [0.4, 0.5) is 0 Å². The molecule has 0 saturated heterocycles. The molecule has 1 heterocycles. The first kappa shape index (κ1) is 20.4. The highest BCUT2D eigenvalue weighted by atomic mass is 127. The summed E-state index contributed by atoms with van der Waals surface area (Å²) >= 11 is 0. The van der Waals surface area contributed by atoms with Gasteiger partial charge in [-0.3, -0.25) is 4.99 Å². The van der Waals surface area contributed by atoms with Gasteiger partial charge in [0.2, 0.25) is 0 Å². The molecule has 0 spiro atoms. The van der Waals surface area contributed by atoms with Crippen molar-refractivity contribution in [2.24, 2.45) is 10.7 Å². The average molecular weight is 467 g/mol. The number of guanidine groups is 1. The van der Waals surface area contributed by atoms with Crippen LogP contribution in [-0.4, -0.2) is 25.7 Å². The molecule has 3 N–H and O–H groups in total. The van der Waals surface area contributed by atoms with Crippen molar-refractivity contribution >= 4 is 29.9 Å². The van der Waals surface area contributed by atoms with E-state index < -0.39 is 0 Å². The van der Waals surface area contributed by atoms with E-state index in [1.807, 2.05) is 43.3 Å². The normalized spacial score (nSPS) is 16.0. The maximum Gasteiger partial charge on any atom is 0.189 e. The third kappa shape index (κ3) is 5.27. The minimum Gasteiger partial charge on any atom is -0.494 e. The molecule has 2 aromatic rings. The van der Waals surface area contributed by atoms with E-state index in [-0.39, 0.29) is 30.0 Å². The van der Waals surface area contributed by atoms with Crippen molar-refractivity contribution in [2.75, 3.05) is 19.8 Å². The number of rotatable bonds is 6. The molecule has 0 aromatic heterocycles. The molecule has 0 amide bonds. The fourth-order valence-corrected chi connectivity index (χ4v) is 3.02. The van der Waals surface area contributed by atoms with E-state index in [0.717, 1.165) is 35.5 Å². The van der Waals surface area contributed by atoms with Crippen LogP contribution < -0.4 is 20.5 Å². The van der Waals surface area contributed by atoms with Crippen molar-refractivity contribution in [3.8, 4) is 11.5 Å². The summed E-state index contributed by atoms with van der Waals surface area (Å²) in [4.78, 5) is 4.47. The van der Waals surface area contributed by atoms with Crippen LogP contribution in [0.25, 0.3) is 0 Å². The Bertz CT molecular complexity index is 737. The molecule has 0 radical (unpaired) electrons. The van der Waals surface area contributed by atoms with Crippen LogP contribution in [0.2, 0.25) is 0 Å². The van der Waals surface area contributed by atoms with Crippen molar-refractivity contribution in [2.45, 2.75) is 25.8 Å². The number of fused-ring (bicyclic) bond motifs is 1. The molecule has 6 heteroatoms. The van der Waals surface area contributed by atoms with Crippen molar-refractivity contribution in [1.82, 2.24) is 5.32 Å². The standard InChI is InChI=1S/C20H25N3O2.HI/c1-2-24-18-9-5-3-7-15(18)11-13-22-20(21)23-17-12-14-25-19-10-6-4-8-16(17)19;/h3-10,17H,2,11-14H2,1H3,(H3,21,22,23);1H. The number of ether oxygens (including phenoxy) is 2. The van der Waals surface area contributed by atoms with E-state index in [1.165, 1.54) is 0 Å². The molecule has 1 unspecified atom stereocenters. The maximum absolute atomic E-state index is 6.09. The average Bonchev–Trinajstić information content (AvgIpc) is 2.64. The van der Waals surface area contributed by atoms with Crippen LogP contribution in [-0.2, 0) is 6.42 Å². The van der Waals surface area contributed by atoms with Crippen LogP contribution >= 0.6 is 24.0 Å². The SMILES string of the molecule is CCOc1ccccc1CCN=C(N)NC1CCOc2ccccc21.I. The topological polar surface area (TPSA) is 68.9 Å². The van der Waals surface area contributed by atoms with Crippen LogP contribution in [0.3, 0.4) is 0 Å². The summed E-state index contributed by atoms with van der Waals surface area (Å²) in [7, 11) is 0. The van der Waals surface area contributed by atoms with Crippen molar-refractivity contribution in [1.29, 1.82) is 0 Å². The van der Waals surface area contributed by atoms with E-state index in [1.54, 1.807) is 0 Å². The van der Waals surface area contributed by atoms with Gasteiger partial charge in [0.15, 0.2) is 5.96 Å². The molecule has 1 aliphatic heterocycles. The van der Waals surface area contributed by atoms with E-state index in [0.29, 0.717) is 25.7 Å². The first-order valence-electron chi connectivity index (χ1n) is 8.77. The Morgan fingerprint density at radius 3 is 2.85 bits per heavy atom. The van der Waals surface area contributed by atoms with Crippen molar-refractivity contribution in [3.63, 3.8) is 0 Å². The zero-order valence-corrected chi connectivity index (χ0v) is 17.3. The lowest BCUT2D eigenvalue weighted by Crippen LogP contribution is -2.37. The van der Waals surface area contributed by atoms with Crippen molar-refractivity contribution in [3.05, 3.63) is 59.7 Å². The van der Waals surface area contributed by atoms with E-state index in [4.69, 9.17) is 15.2 Å². The molecular weight excluding hydrogens is 441 g/mol. The molecule has 26 heavy (non-hydrogen) atoms. The Balaban J connectivity index is 0.00000243. The summed E-state index contributed by atoms with van der Waals surface area (Å²) in [5.74, 6) is 2.31. The first-order valence-corrected chi connectivity index (χ1v) is 8.77. The molecule has 3 rings (SSSR count). The van der Waals surface area contributed by atoms with Gasteiger partial charge in [-0.1, -0.05) is 36.4 Å². The Labute approximate surface area is 172 Å². The maximum atomic E-state index is 6.09. The lowest BCUT2D eigenvalue weighted by molar-refractivity contribution is 0.262. The highest BCUT2D eigenvalue weighted by Crippen LogP contribution is 2.31. The Kier molecular flexibility index (Phi) is 8.03. The number of aliphatic imine (C=N–C) groups is 1. The quantitative estimate of drug-likeness (QED) is 0.387. The molecule has 0 aliphatic carbocycles. The lowest BCUT2D eigenvalue weighted by atomic mass is 10.0. The minimum absolute atomic E-state index is 0. The number of halogens is 1. The van der Waals surface area contributed by atoms with Crippen LogP contribution in [0.15, 0.2) is 53.5 Å². The van der Waals surface area contributed by atoms with E-state index in [2.05, 4.69) is 22.4 Å². The zero-order valence-electron chi connectivity index (χ0n) is 15.0. The zero-order chi connectivity index (χ0) is 17.5. The summed E-state index contributed by atoms with van der Waals surface area (Å²) in [5.41, 5.74) is 8.37. The second-order valence-corrected chi connectivity index (χ2v) is 5.93. The number of nitrogens with zero attached hydrogens (tertiary/aromatic N) is 1. The Morgan fingerprint density at radius 1 is 1.23 bits per heavy atom. The minimum atomic E-state index is 0. The second-order valence-electron chi connectivity index (χ2n) is 5.93. The van der Waals surface area contributed by atoms with Crippen LogP contribution in [0.1, 0.15) is 30.5 Å². The van der Waals surface area contributed by atoms with Gasteiger partial charge >= 0.3 is 0 Å². The number of nitrogens with two attached hydrogens (primary N) is 1. The molecule has 1 atom stereocenters. The van der Waals surface area contributed by atoms with Crippen molar-refractivity contribution < 1.29 is 9.47 Å². The van der Waals surface area contributed by atoms with Gasteiger partial charge in [-0.25, -0.2) is 0 Å². The molecule has 2 aromatic carbocycles. The molecule has 140 valence electrons. The van der Waals surface area contributed by atoms with E-state index >= 15 is 0 Å². The molecule has 0 saturated carbocycles. The Morgan fingerprint density at radius 2 is 2.00 bits per heavy atom. The lowest BCUT2D eigenvalue weighted by Gasteiger charge is -2.26. The number of para-hydroxylation sites is 2. The third-order valence-electron chi connectivity index (χ3n) is 4.22. The Hall–Kier alpha value is -1.96. The number of hydrogen-bond donors (Lipinski definition) is 2. The van der Waals surface area contributed by atoms with Gasteiger partial charge in [0.05, 0.1) is 19.3 Å². The highest BCUT2D eigenvalue weighted by molar-refractivity contribution is 14.0. The molecule has 1 aliphatic rings. The van der Waals surface area contributed by atoms with Gasteiger partial charge in [-0.05, 0) is 31.0 Å². The summed E-state index contributed by atoms with van der Waals surface area (Å²) in [6.45, 7) is 3.95. The van der Waals surface area contributed by atoms with Gasteiger partial charge in [-0.15, -0.1) is 24.0 Å². The summed E-state index contributed by atoms with van der Waals surface area (Å²) in [5, 5.41) is 3.32. The monoisotopic (exact) mass is 467 g/mol. The number of hydrogen-bond acceptors (Lipinski definition) is 3. The predicted octanol–water partition coefficient (Wildman–Crippen LogP) is 3.67. The van der Waals surface area contributed by atoms with Gasteiger partial charge in [-0.2, -0.15) is 0 Å². The summed E-state index contributed by atoms with van der Waals surface area (Å²) in [6.07, 6.45) is 1.67. The third-order valence-corrected chi connectivity index (χ3v) is 4.22. The van der Waals surface area contributed by atoms with E-state index in [9.17, 15) is 0 Å². The molecule has 0 bridgehead atoms. The number of benzene rings is 2. The predicted molar refractivity (Wildman–Crippen MR) is 116 cm³/mol. The number of nitrogens with one attached hydrogen (secondary N) is 1. The summed E-state index contributed by atoms with van der Waals surface area (Å²) in [6, 6.07) is 16.2. The fraction of sp³-hybridized carbons (Fsp3) is 0.350. The summed E-state index contributed by atoms with van der Waals surface area (Å²) < 4.78 is 11.3. The molecule has 0 fully saturated rings. The van der Waals surface area contributed by atoms with Crippen LogP contribution in [0, 0.1) is 0 Å². The van der Waals surface area contributed by atoms with Crippen LogP contribution in [0.5, 0.6) is 11.5 Å². The fourth-order valence-electron chi connectivity index (χ4n) is 3.02. The van der Waals surface area contributed by atoms with Gasteiger partial charge in [0.1, 0.15) is 11.5 Å². The second kappa shape index (κ2) is 10.3. The van der Waals surface area contributed by atoms with Gasteiger partial charge < -0.3 is 20.5 Å². The van der Waals surface area contributed by atoms with Gasteiger partial charge in [0, 0.05) is 18.5 Å². The first-order chi connectivity index (χ1) is 12.3. The molecule has 5 nitrogen and oxygen atoms in total.